The zero-order valence-electron chi connectivity index (χ0n) is 7.17. The van der Waals surface area contributed by atoms with Crippen LogP contribution in [0.25, 0.3) is 0 Å². The Balaban J connectivity index is 2.03. The van der Waals surface area contributed by atoms with Gasteiger partial charge in [0.25, 0.3) is 0 Å². The molecule has 3 rings (SSSR count). The van der Waals surface area contributed by atoms with Gasteiger partial charge in [0.15, 0.2) is 12.2 Å². The van der Waals surface area contributed by atoms with E-state index in [2.05, 4.69) is 9.47 Å². The lowest BCUT2D eigenvalue weighted by molar-refractivity contribution is -0.160. The number of hydrogen-bond acceptors (Lipinski definition) is 7. The van der Waals surface area contributed by atoms with Crippen molar-refractivity contribution in [2.45, 2.75) is 12.2 Å². The minimum atomic E-state index is -1.13. The second-order valence-corrected chi connectivity index (χ2v) is 3.51. The van der Waals surface area contributed by atoms with Crippen LogP contribution in [0.15, 0.2) is 0 Å². The molecule has 0 bridgehead atoms. The maximum absolute atomic E-state index is 11.2. The zero-order valence-corrected chi connectivity index (χ0v) is 7.17. The lowest BCUT2D eigenvalue weighted by Gasteiger charge is -2.03. The van der Waals surface area contributed by atoms with Crippen LogP contribution in [-0.2, 0) is 33.4 Å². The SMILES string of the molecule is O=C1OC(=O)[C@H]2O[C@H]3C(=O)OC(=O)[C@H]3[C@@H]12. The van der Waals surface area contributed by atoms with E-state index in [0.29, 0.717) is 0 Å². The van der Waals surface area contributed by atoms with Crippen LogP contribution in [0.2, 0.25) is 0 Å². The molecule has 3 aliphatic heterocycles. The predicted molar refractivity (Wildman–Crippen MR) is 37.8 cm³/mol. The molecular formula is C8H4O7. The van der Waals surface area contributed by atoms with Gasteiger partial charge in [-0.2, -0.15) is 0 Å². The van der Waals surface area contributed by atoms with Crippen molar-refractivity contribution >= 4 is 23.9 Å². The summed E-state index contributed by atoms with van der Waals surface area (Å²) in [6.45, 7) is 0. The van der Waals surface area contributed by atoms with E-state index in [1.165, 1.54) is 0 Å². The van der Waals surface area contributed by atoms with Crippen LogP contribution >= 0.6 is 0 Å². The Labute approximate surface area is 82.3 Å². The standard InChI is InChI=1S/C8H4O7/c9-5-1-2-4(8(12)15-6(2)10)13-3(1)7(11)14-5/h1-4H/t1-,2+,3+,4-. The number of ether oxygens (including phenoxy) is 3. The summed E-state index contributed by atoms with van der Waals surface area (Å²) >= 11 is 0. The molecule has 7 heteroatoms. The van der Waals surface area contributed by atoms with Gasteiger partial charge in [0.2, 0.25) is 0 Å². The van der Waals surface area contributed by atoms with E-state index < -0.39 is 47.9 Å². The molecule has 0 spiro atoms. The maximum Gasteiger partial charge on any atom is 0.343 e. The highest BCUT2D eigenvalue weighted by Gasteiger charge is 2.66. The quantitative estimate of drug-likeness (QED) is 0.343. The topological polar surface area (TPSA) is 96.0 Å². The second kappa shape index (κ2) is 2.43. The smallest absolute Gasteiger partial charge is 0.343 e. The number of cyclic esters (lactones) is 4. The number of carbonyl (C=O) groups excluding carboxylic acids is 4. The zero-order chi connectivity index (χ0) is 10.7. The normalized spacial score (nSPS) is 42.7. The van der Waals surface area contributed by atoms with Gasteiger partial charge in [0.05, 0.1) is 0 Å². The van der Waals surface area contributed by atoms with E-state index in [4.69, 9.17) is 4.74 Å². The van der Waals surface area contributed by atoms with Crippen LogP contribution in [0.5, 0.6) is 0 Å². The molecule has 0 aromatic heterocycles. The Hall–Kier alpha value is -1.76. The fourth-order valence-electron chi connectivity index (χ4n) is 2.10. The molecule has 0 aromatic carbocycles. The van der Waals surface area contributed by atoms with Gasteiger partial charge in [-0.05, 0) is 0 Å². The molecule has 3 heterocycles. The Morgan fingerprint density at radius 1 is 0.667 bits per heavy atom. The third-order valence-electron chi connectivity index (χ3n) is 2.74. The highest BCUT2D eigenvalue weighted by molar-refractivity contribution is 6.07. The van der Waals surface area contributed by atoms with E-state index in [1.54, 1.807) is 0 Å². The van der Waals surface area contributed by atoms with Crippen LogP contribution in [0.3, 0.4) is 0 Å². The van der Waals surface area contributed by atoms with Crippen LogP contribution in [0.1, 0.15) is 0 Å². The molecule has 0 saturated carbocycles. The van der Waals surface area contributed by atoms with Gasteiger partial charge < -0.3 is 14.2 Å². The molecule has 0 N–H and O–H groups in total. The van der Waals surface area contributed by atoms with E-state index in [0.717, 1.165) is 0 Å². The summed E-state index contributed by atoms with van der Waals surface area (Å²) in [5.41, 5.74) is 0. The van der Waals surface area contributed by atoms with Gasteiger partial charge in [-0.1, -0.05) is 0 Å². The first-order valence-corrected chi connectivity index (χ1v) is 4.26. The third kappa shape index (κ3) is 0.878. The molecule has 0 aromatic rings. The van der Waals surface area contributed by atoms with Crippen molar-refractivity contribution in [1.82, 2.24) is 0 Å². The fraction of sp³-hybridized carbons (Fsp3) is 0.500. The molecule has 15 heavy (non-hydrogen) atoms. The van der Waals surface area contributed by atoms with Crippen molar-refractivity contribution in [3.8, 4) is 0 Å². The summed E-state index contributed by atoms with van der Waals surface area (Å²) in [7, 11) is 0. The Bertz CT molecular complexity index is 373. The van der Waals surface area contributed by atoms with Gasteiger partial charge in [0.1, 0.15) is 11.8 Å². The third-order valence-corrected chi connectivity index (χ3v) is 2.74. The average molecular weight is 212 g/mol. The summed E-state index contributed by atoms with van der Waals surface area (Å²) in [5, 5.41) is 0. The Kier molecular flexibility index (Phi) is 1.38. The van der Waals surface area contributed by atoms with Crippen molar-refractivity contribution in [2.75, 3.05) is 0 Å². The first kappa shape index (κ1) is 8.54. The molecule has 3 fully saturated rings. The molecular weight excluding hydrogens is 208 g/mol. The van der Waals surface area contributed by atoms with Gasteiger partial charge in [-0.15, -0.1) is 0 Å². The van der Waals surface area contributed by atoms with Crippen molar-refractivity contribution in [2.24, 2.45) is 11.8 Å². The molecule has 0 amide bonds. The summed E-state index contributed by atoms with van der Waals surface area (Å²) in [4.78, 5) is 44.6. The van der Waals surface area contributed by atoms with E-state index in [9.17, 15) is 19.2 Å². The molecule has 78 valence electrons. The molecule has 0 radical (unpaired) electrons. The lowest BCUT2D eigenvalue weighted by atomic mass is 9.90. The first-order chi connectivity index (χ1) is 7.09. The summed E-state index contributed by atoms with van der Waals surface area (Å²) < 4.78 is 13.6. The number of esters is 4. The fourth-order valence-corrected chi connectivity index (χ4v) is 2.10. The molecule has 0 unspecified atom stereocenters. The minimum Gasteiger partial charge on any atom is -0.391 e. The molecule has 0 aliphatic carbocycles. The van der Waals surface area contributed by atoms with Crippen LogP contribution in [0.4, 0.5) is 0 Å². The van der Waals surface area contributed by atoms with Crippen molar-refractivity contribution in [3.05, 3.63) is 0 Å². The van der Waals surface area contributed by atoms with Crippen molar-refractivity contribution in [1.29, 1.82) is 0 Å². The lowest BCUT2D eigenvalue weighted by Crippen LogP contribution is -2.27. The Morgan fingerprint density at radius 3 is 1.47 bits per heavy atom. The van der Waals surface area contributed by atoms with Crippen molar-refractivity contribution < 1.29 is 33.4 Å². The van der Waals surface area contributed by atoms with Crippen LogP contribution < -0.4 is 0 Å². The number of fused-ring (bicyclic) bond motifs is 3. The average Bonchev–Trinajstić information content (AvgIpc) is 2.72. The predicted octanol–water partition coefficient (Wildman–Crippen LogP) is -1.85. The van der Waals surface area contributed by atoms with E-state index >= 15 is 0 Å². The minimum absolute atomic E-state index is 0.829. The number of rotatable bonds is 0. The van der Waals surface area contributed by atoms with E-state index in [1.807, 2.05) is 0 Å². The summed E-state index contributed by atoms with van der Waals surface area (Å²) in [5.74, 6) is -5.41. The Morgan fingerprint density at radius 2 is 1.07 bits per heavy atom. The van der Waals surface area contributed by atoms with Gasteiger partial charge >= 0.3 is 23.9 Å². The highest BCUT2D eigenvalue weighted by Crippen LogP contribution is 2.42. The number of hydrogen-bond donors (Lipinski definition) is 0. The van der Waals surface area contributed by atoms with Crippen LogP contribution in [0, 0.1) is 11.8 Å². The number of carbonyl (C=O) groups is 4. The second-order valence-electron chi connectivity index (χ2n) is 3.51. The molecule has 7 nitrogen and oxygen atoms in total. The first-order valence-electron chi connectivity index (χ1n) is 4.26. The van der Waals surface area contributed by atoms with Gasteiger partial charge in [-0.25, -0.2) is 9.59 Å². The van der Waals surface area contributed by atoms with Gasteiger partial charge in [0, 0.05) is 0 Å². The highest BCUT2D eigenvalue weighted by atomic mass is 16.7. The van der Waals surface area contributed by atoms with Gasteiger partial charge in [-0.3, -0.25) is 9.59 Å². The monoisotopic (exact) mass is 212 g/mol. The molecule has 3 aliphatic rings. The molecule has 4 atom stereocenters. The summed E-state index contributed by atoms with van der Waals surface area (Å²) in [6.07, 6.45) is -2.27. The molecule has 3 saturated heterocycles. The van der Waals surface area contributed by atoms with Crippen molar-refractivity contribution in [3.63, 3.8) is 0 Å². The van der Waals surface area contributed by atoms with E-state index in [-0.39, 0.29) is 0 Å². The van der Waals surface area contributed by atoms with Crippen LogP contribution in [-0.4, -0.2) is 36.1 Å². The maximum atomic E-state index is 11.2. The summed E-state index contributed by atoms with van der Waals surface area (Å²) in [6, 6.07) is 0. The largest absolute Gasteiger partial charge is 0.391 e.